The summed E-state index contributed by atoms with van der Waals surface area (Å²) in [4.78, 5) is 12.0. The number of halogens is 2. The SMILES string of the molecule is Cc1ccc(NC(=O)c2ccc(F)c(S(=O)(=O)N3CCCC3)c2)cc1Cl. The van der Waals surface area contributed by atoms with Gasteiger partial charge in [-0.1, -0.05) is 17.7 Å². The summed E-state index contributed by atoms with van der Waals surface area (Å²) in [6.07, 6.45) is 1.49. The zero-order valence-corrected chi connectivity index (χ0v) is 15.7. The normalized spacial score (nSPS) is 15.2. The Morgan fingerprint density at radius 1 is 1.15 bits per heavy atom. The molecular formula is C18H18ClFN2O3S. The number of carbonyl (C=O) groups excluding carboxylic acids is 1. The molecule has 0 unspecified atom stereocenters. The molecule has 1 saturated heterocycles. The highest BCUT2D eigenvalue weighted by Crippen LogP contribution is 2.25. The molecule has 1 aliphatic heterocycles. The second kappa shape index (κ2) is 7.34. The van der Waals surface area contributed by atoms with Gasteiger partial charge in [0.1, 0.15) is 10.7 Å². The number of anilines is 1. The van der Waals surface area contributed by atoms with Crippen LogP contribution in [0.25, 0.3) is 0 Å². The van der Waals surface area contributed by atoms with Crippen LogP contribution in [0.4, 0.5) is 10.1 Å². The fourth-order valence-electron chi connectivity index (χ4n) is 2.78. The van der Waals surface area contributed by atoms with Crippen molar-refractivity contribution < 1.29 is 17.6 Å². The van der Waals surface area contributed by atoms with Crippen LogP contribution in [0.2, 0.25) is 5.02 Å². The summed E-state index contributed by atoms with van der Waals surface area (Å²) in [5.74, 6) is -1.41. The molecule has 0 saturated carbocycles. The minimum absolute atomic E-state index is 0.0564. The van der Waals surface area contributed by atoms with Gasteiger partial charge in [0, 0.05) is 29.4 Å². The summed E-state index contributed by atoms with van der Waals surface area (Å²) in [7, 11) is -3.95. The predicted octanol–water partition coefficient (Wildman–Crippen LogP) is 3.82. The fraction of sp³-hybridized carbons (Fsp3) is 0.278. The molecular weight excluding hydrogens is 379 g/mol. The van der Waals surface area contributed by atoms with E-state index < -0.39 is 26.6 Å². The van der Waals surface area contributed by atoms with Crippen LogP contribution in [0.5, 0.6) is 0 Å². The quantitative estimate of drug-likeness (QED) is 0.854. The van der Waals surface area contributed by atoms with Gasteiger partial charge in [0.2, 0.25) is 10.0 Å². The Balaban J connectivity index is 1.89. The lowest BCUT2D eigenvalue weighted by molar-refractivity contribution is 0.102. The fourth-order valence-corrected chi connectivity index (χ4v) is 4.57. The Hall–Kier alpha value is -1.96. The number of sulfonamides is 1. The van der Waals surface area contributed by atoms with Gasteiger partial charge in [0.15, 0.2) is 0 Å². The van der Waals surface area contributed by atoms with E-state index in [1.807, 2.05) is 6.92 Å². The summed E-state index contributed by atoms with van der Waals surface area (Å²) in [6, 6.07) is 8.37. The van der Waals surface area contributed by atoms with Crippen LogP contribution in [-0.2, 0) is 10.0 Å². The summed E-state index contributed by atoms with van der Waals surface area (Å²) in [5.41, 5.74) is 1.39. The number of aryl methyl sites for hydroxylation is 1. The number of benzene rings is 2. The third-order valence-corrected chi connectivity index (χ3v) is 6.63. The first-order valence-electron chi connectivity index (χ1n) is 8.16. The van der Waals surface area contributed by atoms with Crippen molar-refractivity contribution in [2.75, 3.05) is 18.4 Å². The van der Waals surface area contributed by atoms with E-state index >= 15 is 0 Å². The van der Waals surface area contributed by atoms with Crippen molar-refractivity contribution in [2.45, 2.75) is 24.7 Å². The molecule has 2 aromatic rings. The van der Waals surface area contributed by atoms with Crippen molar-refractivity contribution >= 4 is 33.2 Å². The number of amides is 1. The molecule has 138 valence electrons. The van der Waals surface area contributed by atoms with Crippen molar-refractivity contribution in [1.29, 1.82) is 0 Å². The lowest BCUT2D eigenvalue weighted by Crippen LogP contribution is -2.29. The first-order valence-corrected chi connectivity index (χ1v) is 9.98. The molecule has 1 fully saturated rings. The minimum Gasteiger partial charge on any atom is -0.322 e. The maximum atomic E-state index is 14.2. The number of hydrogen-bond donors (Lipinski definition) is 1. The summed E-state index contributed by atoms with van der Waals surface area (Å²) in [5, 5.41) is 3.14. The zero-order valence-electron chi connectivity index (χ0n) is 14.1. The highest BCUT2D eigenvalue weighted by molar-refractivity contribution is 7.89. The molecule has 1 amide bonds. The lowest BCUT2D eigenvalue weighted by atomic mass is 10.2. The predicted molar refractivity (Wildman–Crippen MR) is 98.5 cm³/mol. The average molecular weight is 397 g/mol. The molecule has 0 atom stereocenters. The number of nitrogens with zero attached hydrogens (tertiary/aromatic N) is 1. The van der Waals surface area contributed by atoms with Gasteiger partial charge in [-0.25, -0.2) is 12.8 Å². The van der Waals surface area contributed by atoms with Gasteiger partial charge in [-0.3, -0.25) is 4.79 Å². The molecule has 0 aliphatic carbocycles. The van der Waals surface area contributed by atoms with Gasteiger partial charge >= 0.3 is 0 Å². The minimum atomic E-state index is -3.95. The Labute approximate surface area is 156 Å². The largest absolute Gasteiger partial charge is 0.322 e. The standard InChI is InChI=1S/C18H18ClFN2O3S/c1-12-4-6-14(11-15(12)19)21-18(23)13-5-7-16(20)17(10-13)26(24,25)22-8-2-3-9-22/h4-7,10-11H,2-3,8-9H2,1H3,(H,21,23). The number of nitrogens with one attached hydrogen (secondary N) is 1. The number of rotatable bonds is 4. The van der Waals surface area contributed by atoms with Crippen LogP contribution in [-0.4, -0.2) is 31.7 Å². The van der Waals surface area contributed by atoms with Gasteiger partial charge < -0.3 is 5.32 Å². The van der Waals surface area contributed by atoms with Crippen molar-refractivity contribution in [3.63, 3.8) is 0 Å². The zero-order chi connectivity index (χ0) is 18.9. The lowest BCUT2D eigenvalue weighted by Gasteiger charge is -2.16. The van der Waals surface area contributed by atoms with E-state index in [4.69, 9.17) is 11.6 Å². The van der Waals surface area contributed by atoms with Gasteiger partial charge in [-0.2, -0.15) is 4.31 Å². The third-order valence-electron chi connectivity index (χ3n) is 4.31. The molecule has 0 radical (unpaired) electrons. The molecule has 1 heterocycles. The van der Waals surface area contributed by atoms with E-state index in [0.717, 1.165) is 30.5 Å². The maximum absolute atomic E-state index is 14.2. The number of carbonyl (C=O) groups is 1. The van der Waals surface area contributed by atoms with Gasteiger partial charge in [0.25, 0.3) is 5.91 Å². The molecule has 1 aliphatic rings. The van der Waals surface area contributed by atoms with Crippen molar-refractivity contribution in [1.82, 2.24) is 4.31 Å². The molecule has 0 aromatic heterocycles. The van der Waals surface area contributed by atoms with Crippen LogP contribution >= 0.6 is 11.6 Å². The second-order valence-corrected chi connectivity index (χ2v) is 8.49. The molecule has 26 heavy (non-hydrogen) atoms. The Bertz CT molecular complexity index is 957. The van der Waals surface area contributed by atoms with Crippen molar-refractivity contribution in [3.8, 4) is 0 Å². The molecule has 3 rings (SSSR count). The smallest absolute Gasteiger partial charge is 0.255 e. The van der Waals surface area contributed by atoms with E-state index in [2.05, 4.69) is 5.32 Å². The third kappa shape index (κ3) is 3.75. The van der Waals surface area contributed by atoms with Crippen LogP contribution in [0, 0.1) is 12.7 Å². The highest BCUT2D eigenvalue weighted by atomic mass is 35.5. The monoisotopic (exact) mass is 396 g/mol. The molecule has 2 aromatic carbocycles. The van der Waals surface area contributed by atoms with E-state index in [1.165, 1.54) is 10.4 Å². The molecule has 5 nitrogen and oxygen atoms in total. The average Bonchev–Trinajstić information content (AvgIpc) is 3.14. The van der Waals surface area contributed by atoms with E-state index in [0.29, 0.717) is 23.8 Å². The van der Waals surface area contributed by atoms with Crippen LogP contribution in [0.1, 0.15) is 28.8 Å². The molecule has 0 bridgehead atoms. The van der Waals surface area contributed by atoms with Crippen molar-refractivity contribution in [3.05, 3.63) is 58.4 Å². The molecule has 0 spiro atoms. The van der Waals surface area contributed by atoms with Crippen LogP contribution < -0.4 is 5.32 Å². The van der Waals surface area contributed by atoms with E-state index in [-0.39, 0.29) is 5.56 Å². The number of hydrogen-bond acceptors (Lipinski definition) is 3. The molecule has 8 heteroatoms. The summed E-state index contributed by atoms with van der Waals surface area (Å²) < 4.78 is 40.6. The Kier molecular flexibility index (Phi) is 5.32. The van der Waals surface area contributed by atoms with Gasteiger partial charge in [0.05, 0.1) is 0 Å². The highest BCUT2D eigenvalue weighted by Gasteiger charge is 2.30. The molecule has 1 N–H and O–H groups in total. The van der Waals surface area contributed by atoms with Crippen LogP contribution in [0.3, 0.4) is 0 Å². The van der Waals surface area contributed by atoms with E-state index in [9.17, 15) is 17.6 Å². The maximum Gasteiger partial charge on any atom is 0.255 e. The van der Waals surface area contributed by atoms with Crippen LogP contribution in [0.15, 0.2) is 41.3 Å². The second-order valence-electron chi connectivity index (χ2n) is 6.17. The topological polar surface area (TPSA) is 66.5 Å². The first-order chi connectivity index (χ1) is 12.3. The first kappa shape index (κ1) is 18.8. The van der Waals surface area contributed by atoms with Gasteiger partial charge in [-0.05, 0) is 55.7 Å². The van der Waals surface area contributed by atoms with Gasteiger partial charge in [-0.15, -0.1) is 0 Å². The Morgan fingerprint density at radius 3 is 2.50 bits per heavy atom. The van der Waals surface area contributed by atoms with E-state index in [1.54, 1.807) is 18.2 Å². The van der Waals surface area contributed by atoms with Crippen molar-refractivity contribution in [2.24, 2.45) is 0 Å². The summed E-state index contributed by atoms with van der Waals surface area (Å²) in [6.45, 7) is 2.56. The summed E-state index contributed by atoms with van der Waals surface area (Å²) >= 11 is 6.04. The Morgan fingerprint density at radius 2 is 1.85 bits per heavy atom.